The molecule has 4 heteroatoms. The van der Waals surface area contributed by atoms with E-state index in [2.05, 4.69) is 49.4 Å². The number of hydrogen-bond donors (Lipinski definition) is 1. The Bertz CT molecular complexity index is 563. The summed E-state index contributed by atoms with van der Waals surface area (Å²) >= 11 is 1.65. The van der Waals surface area contributed by atoms with Crippen LogP contribution in [0.3, 0.4) is 0 Å². The summed E-state index contributed by atoms with van der Waals surface area (Å²) in [5.41, 5.74) is 3.54. The third kappa shape index (κ3) is 4.05. The van der Waals surface area contributed by atoms with Gasteiger partial charge < -0.3 is 10.1 Å². The van der Waals surface area contributed by atoms with Crippen LogP contribution in [0.1, 0.15) is 35.7 Å². The predicted molar refractivity (Wildman–Crippen MR) is 84.3 cm³/mol. The molecule has 0 aliphatic rings. The molecule has 20 heavy (non-hydrogen) atoms. The second kappa shape index (κ2) is 6.86. The monoisotopic (exact) mass is 290 g/mol. The van der Waals surface area contributed by atoms with Gasteiger partial charge in [-0.05, 0) is 31.0 Å². The molecule has 1 N–H and O–H groups in total. The molecule has 1 aromatic heterocycles. The highest BCUT2D eigenvalue weighted by molar-refractivity contribution is 7.09. The molecule has 0 saturated heterocycles. The minimum absolute atomic E-state index is 0.478. The average molecular weight is 290 g/mol. The Labute approximate surface area is 125 Å². The molecule has 1 aromatic carbocycles. The zero-order chi connectivity index (χ0) is 14.5. The van der Waals surface area contributed by atoms with E-state index in [9.17, 15) is 0 Å². The number of rotatable bonds is 6. The second-order valence-corrected chi connectivity index (χ2v) is 6.20. The minimum Gasteiger partial charge on any atom is -0.486 e. The van der Waals surface area contributed by atoms with Gasteiger partial charge in [0.1, 0.15) is 17.4 Å². The molecular formula is C16H22N2OS. The lowest BCUT2D eigenvalue weighted by Gasteiger charge is -2.09. The Morgan fingerprint density at radius 2 is 2.10 bits per heavy atom. The number of hydrogen-bond acceptors (Lipinski definition) is 4. The van der Waals surface area contributed by atoms with Crippen LogP contribution in [-0.2, 0) is 13.2 Å². The number of nitrogens with one attached hydrogen (secondary N) is 1. The maximum Gasteiger partial charge on any atom is 0.140 e. The van der Waals surface area contributed by atoms with Gasteiger partial charge in [0.15, 0.2) is 0 Å². The van der Waals surface area contributed by atoms with Gasteiger partial charge in [0.2, 0.25) is 0 Å². The van der Waals surface area contributed by atoms with Crippen molar-refractivity contribution in [2.75, 3.05) is 0 Å². The Balaban J connectivity index is 1.92. The van der Waals surface area contributed by atoms with Crippen molar-refractivity contribution in [2.45, 2.75) is 46.9 Å². The molecule has 0 saturated carbocycles. The summed E-state index contributed by atoms with van der Waals surface area (Å²) < 4.78 is 5.87. The highest BCUT2D eigenvalue weighted by atomic mass is 32.1. The topological polar surface area (TPSA) is 34.1 Å². The maximum absolute atomic E-state index is 5.87. The fourth-order valence-electron chi connectivity index (χ4n) is 1.83. The molecule has 108 valence electrons. The van der Waals surface area contributed by atoms with Gasteiger partial charge in [0.05, 0.1) is 5.69 Å². The summed E-state index contributed by atoms with van der Waals surface area (Å²) in [5, 5.41) is 6.48. The molecule has 3 nitrogen and oxygen atoms in total. The number of thiazole rings is 1. The molecule has 0 aliphatic carbocycles. The van der Waals surface area contributed by atoms with Gasteiger partial charge in [0, 0.05) is 18.0 Å². The first-order valence-electron chi connectivity index (χ1n) is 6.92. The van der Waals surface area contributed by atoms with E-state index >= 15 is 0 Å². The molecule has 0 radical (unpaired) electrons. The van der Waals surface area contributed by atoms with Crippen molar-refractivity contribution in [2.24, 2.45) is 0 Å². The van der Waals surface area contributed by atoms with Crippen molar-refractivity contribution >= 4 is 11.3 Å². The molecule has 2 aromatic rings. The number of nitrogens with zero attached hydrogens (tertiary/aromatic N) is 1. The highest BCUT2D eigenvalue weighted by Gasteiger charge is 2.06. The molecule has 0 spiro atoms. The van der Waals surface area contributed by atoms with E-state index in [1.807, 2.05) is 12.1 Å². The van der Waals surface area contributed by atoms with Gasteiger partial charge in [-0.15, -0.1) is 11.3 Å². The van der Waals surface area contributed by atoms with E-state index in [1.54, 1.807) is 11.3 Å². The Morgan fingerprint density at radius 1 is 1.30 bits per heavy atom. The van der Waals surface area contributed by atoms with E-state index in [1.165, 1.54) is 11.1 Å². The first-order chi connectivity index (χ1) is 9.56. The van der Waals surface area contributed by atoms with Crippen LogP contribution in [0.15, 0.2) is 23.6 Å². The number of aryl methyl sites for hydroxylation is 1. The highest BCUT2D eigenvalue weighted by Crippen LogP contribution is 2.22. The molecule has 0 bridgehead atoms. The maximum atomic E-state index is 5.87. The zero-order valence-corrected chi connectivity index (χ0v) is 13.4. The van der Waals surface area contributed by atoms with Gasteiger partial charge in [-0.2, -0.15) is 0 Å². The van der Waals surface area contributed by atoms with Crippen molar-refractivity contribution in [3.63, 3.8) is 0 Å². The zero-order valence-electron chi connectivity index (χ0n) is 12.6. The SMILES string of the molecule is Cc1cccc(OCc2nc(CNC(C)C)cs2)c1C. The Hall–Kier alpha value is -1.39. The number of aromatic nitrogens is 1. The standard InChI is InChI=1S/C16H22N2OS/c1-11(2)17-8-14-10-20-16(18-14)9-19-15-7-5-6-12(3)13(15)4/h5-7,10-11,17H,8-9H2,1-4H3. The molecule has 2 rings (SSSR count). The summed E-state index contributed by atoms with van der Waals surface area (Å²) in [6.45, 7) is 9.81. The van der Waals surface area contributed by atoms with Crippen molar-refractivity contribution < 1.29 is 4.74 Å². The lowest BCUT2D eigenvalue weighted by Crippen LogP contribution is -2.21. The smallest absolute Gasteiger partial charge is 0.140 e. The fourth-order valence-corrected chi connectivity index (χ4v) is 2.53. The van der Waals surface area contributed by atoms with Crippen molar-refractivity contribution in [1.29, 1.82) is 0 Å². The third-order valence-electron chi connectivity index (χ3n) is 3.20. The summed E-state index contributed by atoms with van der Waals surface area (Å²) in [7, 11) is 0. The first-order valence-corrected chi connectivity index (χ1v) is 7.80. The molecular weight excluding hydrogens is 268 g/mol. The van der Waals surface area contributed by atoms with Gasteiger partial charge in [-0.3, -0.25) is 0 Å². The normalized spacial score (nSPS) is 11.1. The molecule has 0 atom stereocenters. The van der Waals surface area contributed by atoms with Gasteiger partial charge in [0.25, 0.3) is 0 Å². The van der Waals surface area contributed by atoms with E-state index in [4.69, 9.17) is 4.74 Å². The van der Waals surface area contributed by atoms with Gasteiger partial charge >= 0.3 is 0 Å². The minimum atomic E-state index is 0.478. The quantitative estimate of drug-likeness (QED) is 0.877. The molecule has 0 aliphatic heterocycles. The van der Waals surface area contributed by atoms with E-state index < -0.39 is 0 Å². The molecule has 0 unspecified atom stereocenters. The van der Waals surface area contributed by atoms with Crippen LogP contribution in [0.5, 0.6) is 5.75 Å². The van der Waals surface area contributed by atoms with Crippen LogP contribution in [0.2, 0.25) is 0 Å². The Morgan fingerprint density at radius 3 is 2.85 bits per heavy atom. The summed E-state index contributed by atoms with van der Waals surface area (Å²) in [6.07, 6.45) is 0. The molecule has 0 amide bonds. The van der Waals surface area contributed by atoms with E-state index in [-0.39, 0.29) is 0 Å². The average Bonchev–Trinajstić information content (AvgIpc) is 2.86. The van der Waals surface area contributed by atoms with Crippen LogP contribution >= 0.6 is 11.3 Å². The van der Waals surface area contributed by atoms with Crippen molar-refractivity contribution in [3.05, 3.63) is 45.4 Å². The number of ether oxygens (including phenoxy) is 1. The second-order valence-electron chi connectivity index (χ2n) is 5.25. The Kier molecular flexibility index (Phi) is 5.15. The van der Waals surface area contributed by atoms with Crippen LogP contribution in [-0.4, -0.2) is 11.0 Å². The number of benzene rings is 1. The van der Waals surface area contributed by atoms with Crippen molar-refractivity contribution in [1.82, 2.24) is 10.3 Å². The fraction of sp³-hybridized carbons (Fsp3) is 0.438. The van der Waals surface area contributed by atoms with Crippen LogP contribution in [0.4, 0.5) is 0 Å². The van der Waals surface area contributed by atoms with E-state index in [0.717, 1.165) is 23.0 Å². The lowest BCUT2D eigenvalue weighted by atomic mass is 10.1. The van der Waals surface area contributed by atoms with Crippen LogP contribution in [0.25, 0.3) is 0 Å². The lowest BCUT2D eigenvalue weighted by molar-refractivity contribution is 0.303. The van der Waals surface area contributed by atoms with Crippen molar-refractivity contribution in [3.8, 4) is 5.75 Å². The van der Waals surface area contributed by atoms with Crippen LogP contribution in [0, 0.1) is 13.8 Å². The van der Waals surface area contributed by atoms with Crippen LogP contribution < -0.4 is 10.1 Å². The summed E-state index contributed by atoms with van der Waals surface area (Å²) in [4.78, 5) is 4.58. The predicted octanol–water partition coefficient (Wildman–Crippen LogP) is 3.84. The largest absolute Gasteiger partial charge is 0.486 e. The van der Waals surface area contributed by atoms with Gasteiger partial charge in [-0.25, -0.2) is 4.98 Å². The molecule has 1 heterocycles. The first kappa shape index (κ1) is 15.0. The summed E-state index contributed by atoms with van der Waals surface area (Å²) in [6, 6.07) is 6.61. The summed E-state index contributed by atoms with van der Waals surface area (Å²) in [5.74, 6) is 0.946. The molecule has 0 fully saturated rings. The third-order valence-corrected chi connectivity index (χ3v) is 4.07. The van der Waals surface area contributed by atoms with Gasteiger partial charge in [-0.1, -0.05) is 26.0 Å². The van der Waals surface area contributed by atoms with E-state index in [0.29, 0.717) is 12.6 Å².